The van der Waals surface area contributed by atoms with E-state index >= 15 is 0 Å². The van der Waals surface area contributed by atoms with Crippen molar-refractivity contribution < 1.29 is 0 Å². The summed E-state index contributed by atoms with van der Waals surface area (Å²) in [6, 6.07) is 6.73. The molecule has 106 valence electrons. The first kappa shape index (κ1) is 13.7. The Morgan fingerprint density at radius 3 is 2.85 bits per heavy atom. The second-order valence-electron chi connectivity index (χ2n) is 5.67. The predicted octanol–water partition coefficient (Wildman–Crippen LogP) is 3.95. The van der Waals surface area contributed by atoms with E-state index in [1.54, 1.807) is 0 Å². The van der Waals surface area contributed by atoms with Gasteiger partial charge in [-0.2, -0.15) is 0 Å². The molecule has 2 aromatic rings. The number of nitrogens with two attached hydrogens (primary N) is 1. The second kappa shape index (κ2) is 5.58. The smallest absolute Gasteiger partial charge is 0.0954 e. The quantitative estimate of drug-likeness (QED) is 0.909. The third-order valence-electron chi connectivity index (χ3n) is 4.27. The molecule has 0 bridgehead atoms. The van der Waals surface area contributed by atoms with Gasteiger partial charge in [0.15, 0.2) is 0 Å². The number of halogens is 1. The Hall–Kier alpha value is -1.32. The fourth-order valence-electron chi connectivity index (χ4n) is 3.03. The van der Waals surface area contributed by atoms with Crippen molar-refractivity contribution in [3.8, 4) is 11.3 Å². The first-order chi connectivity index (χ1) is 9.66. The Morgan fingerprint density at radius 1 is 1.30 bits per heavy atom. The molecule has 1 fully saturated rings. The molecule has 0 amide bonds. The summed E-state index contributed by atoms with van der Waals surface area (Å²) in [4.78, 5) is 4.32. The summed E-state index contributed by atoms with van der Waals surface area (Å²) in [6.07, 6.45) is 8.50. The molecule has 3 rings (SSSR count). The predicted molar refractivity (Wildman–Crippen MR) is 82.9 cm³/mol. The molecule has 2 atom stereocenters. The van der Waals surface area contributed by atoms with E-state index in [4.69, 9.17) is 17.3 Å². The fourth-order valence-corrected chi connectivity index (χ4v) is 3.21. The van der Waals surface area contributed by atoms with E-state index in [2.05, 4.69) is 21.7 Å². The second-order valence-corrected chi connectivity index (χ2v) is 6.07. The van der Waals surface area contributed by atoms with Gasteiger partial charge in [-0.05, 0) is 31.4 Å². The van der Waals surface area contributed by atoms with E-state index in [9.17, 15) is 0 Å². The van der Waals surface area contributed by atoms with Crippen LogP contribution in [0.15, 0.2) is 30.7 Å². The lowest BCUT2D eigenvalue weighted by Gasteiger charge is -2.31. The van der Waals surface area contributed by atoms with Crippen molar-refractivity contribution in [3.05, 3.63) is 41.3 Å². The molecular formula is C16H20ClN3. The lowest BCUT2D eigenvalue weighted by atomic mass is 9.90. The van der Waals surface area contributed by atoms with Crippen molar-refractivity contribution in [2.75, 3.05) is 0 Å². The first-order valence-electron chi connectivity index (χ1n) is 7.21. The van der Waals surface area contributed by atoms with Crippen molar-refractivity contribution in [3.63, 3.8) is 0 Å². The molecule has 0 saturated heterocycles. The largest absolute Gasteiger partial charge is 0.326 e. The Morgan fingerprint density at radius 2 is 2.10 bits per heavy atom. The van der Waals surface area contributed by atoms with E-state index in [1.165, 1.54) is 12.8 Å². The minimum absolute atomic E-state index is 0.220. The van der Waals surface area contributed by atoms with Crippen LogP contribution in [0.3, 0.4) is 0 Å². The van der Waals surface area contributed by atoms with Crippen molar-refractivity contribution in [2.24, 2.45) is 5.73 Å². The number of hydrogen-bond acceptors (Lipinski definition) is 2. The molecule has 0 radical (unpaired) electrons. The topological polar surface area (TPSA) is 43.8 Å². The van der Waals surface area contributed by atoms with Gasteiger partial charge in [0, 0.05) is 16.6 Å². The van der Waals surface area contributed by atoms with Crippen LogP contribution in [-0.2, 0) is 0 Å². The maximum absolute atomic E-state index is 6.30. The summed E-state index contributed by atoms with van der Waals surface area (Å²) in [5.41, 5.74) is 9.60. The zero-order valence-corrected chi connectivity index (χ0v) is 12.5. The molecule has 0 spiro atoms. The van der Waals surface area contributed by atoms with Gasteiger partial charge in [-0.15, -0.1) is 0 Å². The molecule has 20 heavy (non-hydrogen) atoms. The van der Waals surface area contributed by atoms with Crippen molar-refractivity contribution in [2.45, 2.75) is 44.7 Å². The third kappa shape index (κ3) is 2.48. The summed E-state index contributed by atoms with van der Waals surface area (Å²) in [7, 11) is 0. The van der Waals surface area contributed by atoms with Crippen LogP contribution in [0.1, 0.15) is 37.3 Å². The van der Waals surface area contributed by atoms with Gasteiger partial charge in [0.05, 0.1) is 24.3 Å². The highest BCUT2D eigenvalue weighted by molar-refractivity contribution is 6.31. The fraction of sp³-hybridized carbons (Fsp3) is 0.438. The highest BCUT2D eigenvalue weighted by Crippen LogP contribution is 2.32. The minimum Gasteiger partial charge on any atom is -0.326 e. The molecule has 1 aromatic carbocycles. The Balaban J connectivity index is 1.98. The number of nitrogens with zero attached hydrogens (tertiary/aromatic N) is 2. The maximum atomic E-state index is 6.30. The number of aromatic nitrogens is 2. The molecular weight excluding hydrogens is 270 g/mol. The molecule has 1 aromatic heterocycles. The molecule has 3 nitrogen and oxygen atoms in total. The summed E-state index contributed by atoms with van der Waals surface area (Å²) >= 11 is 6.24. The molecule has 1 heterocycles. The molecule has 1 aliphatic carbocycles. The van der Waals surface area contributed by atoms with E-state index in [-0.39, 0.29) is 6.04 Å². The van der Waals surface area contributed by atoms with Crippen molar-refractivity contribution in [1.29, 1.82) is 0 Å². The number of rotatable bonds is 2. The van der Waals surface area contributed by atoms with Crippen LogP contribution in [-0.4, -0.2) is 15.6 Å². The van der Waals surface area contributed by atoms with Gasteiger partial charge in [-0.1, -0.05) is 36.6 Å². The Kier molecular flexibility index (Phi) is 3.81. The van der Waals surface area contributed by atoms with Crippen LogP contribution < -0.4 is 5.73 Å². The normalized spacial score (nSPS) is 22.9. The number of imidazole rings is 1. The van der Waals surface area contributed by atoms with Gasteiger partial charge in [0.2, 0.25) is 0 Å². The SMILES string of the molecule is Cc1ccc(-c2cncn2[C@@H]2CCCC[C@H]2N)cc1Cl. The zero-order valence-electron chi connectivity index (χ0n) is 11.7. The van der Waals surface area contributed by atoms with Gasteiger partial charge in [0.1, 0.15) is 0 Å². The van der Waals surface area contributed by atoms with Gasteiger partial charge in [-0.3, -0.25) is 0 Å². The summed E-state index contributed by atoms with van der Waals surface area (Å²) in [5, 5.41) is 0.795. The van der Waals surface area contributed by atoms with Crippen LogP contribution in [0, 0.1) is 6.92 Å². The number of benzene rings is 1. The molecule has 0 aliphatic heterocycles. The van der Waals surface area contributed by atoms with Gasteiger partial charge in [0.25, 0.3) is 0 Å². The van der Waals surface area contributed by atoms with E-state index in [1.807, 2.05) is 25.5 Å². The van der Waals surface area contributed by atoms with Gasteiger partial charge in [-0.25, -0.2) is 4.98 Å². The monoisotopic (exact) mass is 289 g/mol. The van der Waals surface area contributed by atoms with Gasteiger partial charge >= 0.3 is 0 Å². The van der Waals surface area contributed by atoms with E-state index in [0.29, 0.717) is 6.04 Å². The Bertz CT molecular complexity index is 606. The Labute approximate surface area is 124 Å². The van der Waals surface area contributed by atoms with Crippen LogP contribution in [0.4, 0.5) is 0 Å². The minimum atomic E-state index is 0.220. The molecule has 0 unspecified atom stereocenters. The zero-order chi connectivity index (χ0) is 14.1. The van der Waals surface area contributed by atoms with Crippen LogP contribution in [0.25, 0.3) is 11.3 Å². The highest BCUT2D eigenvalue weighted by Gasteiger charge is 2.25. The first-order valence-corrected chi connectivity index (χ1v) is 7.58. The molecule has 4 heteroatoms. The lowest BCUT2D eigenvalue weighted by molar-refractivity contribution is 0.308. The average molecular weight is 290 g/mol. The van der Waals surface area contributed by atoms with Crippen LogP contribution in [0.5, 0.6) is 0 Å². The van der Waals surface area contributed by atoms with Crippen molar-refractivity contribution >= 4 is 11.6 Å². The summed E-state index contributed by atoms with van der Waals surface area (Å²) < 4.78 is 2.23. The molecule has 1 saturated carbocycles. The van der Waals surface area contributed by atoms with Crippen LogP contribution >= 0.6 is 11.6 Å². The molecule has 1 aliphatic rings. The standard InChI is InChI=1S/C16H20ClN3/c1-11-6-7-12(8-13(11)17)16-9-19-10-20(16)15-5-3-2-4-14(15)18/h6-10,14-15H,2-5,18H2,1H3/t14-,15-/m1/s1. The molecule has 2 N–H and O–H groups in total. The lowest BCUT2D eigenvalue weighted by Crippen LogP contribution is -2.35. The highest BCUT2D eigenvalue weighted by atomic mass is 35.5. The van der Waals surface area contributed by atoms with Gasteiger partial charge < -0.3 is 10.3 Å². The average Bonchev–Trinajstić information content (AvgIpc) is 2.91. The third-order valence-corrected chi connectivity index (χ3v) is 4.68. The van der Waals surface area contributed by atoms with E-state index in [0.717, 1.165) is 34.7 Å². The van der Waals surface area contributed by atoms with Crippen LogP contribution in [0.2, 0.25) is 5.02 Å². The summed E-state index contributed by atoms with van der Waals surface area (Å²) in [6.45, 7) is 2.01. The van der Waals surface area contributed by atoms with E-state index < -0.39 is 0 Å². The number of hydrogen-bond donors (Lipinski definition) is 1. The summed E-state index contributed by atoms with van der Waals surface area (Å²) in [5.74, 6) is 0. The number of aryl methyl sites for hydroxylation is 1. The van der Waals surface area contributed by atoms with Crippen molar-refractivity contribution in [1.82, 2.24) is 9.55 Å². The maximum Gasteiger partial charge on any atom is 0.0954 e.